The van der Waals surface area contributed by atoms with E-state index in [2.05, 4.69) is 9.71 Å². The molecule has 0 fully saturated rings. The molecule has 0 atom stereocenters. The van der Waals surface area contributed by atoms with Crippen LogP contribution in [0, 0.1) is 6.92 Å². The van der Waals surface area contributed by atoms with E-state index in [1.165, 1.54) is 23.5 Å². The Hall–Kier alpha value is -1.38. The summed E-state index contributed by atoms with van der Waals surface area (Å²) in [6.45, 7) is 3.51. The Kier molecular flexibility index (Phi) is 3.93. The third-order valence-corrected chi connectivity index (χ3v) is 4.78. The molecule has 2 aromatic heterocycles. The van der Waals surface area contributed by atoms with Gasteiger partial charge in [0, 0.05) is 4.88 Å². The number of aliphatic hydroxyl groups excluding tert-OH is 1. The van der Waals surface area contributed by atoms with Gasteiger partial charge >= 0.3 is 0 Å². The van der Waals surface area contributed by atoms with Crippen LogP contribution in [-0.2, 0) is 23.1 Å². The molecule has 0 aliphatic heterocycles. The Balaban J connectivity index is 2.25. The molecule has 0 radical (unpaired) electrons. The Morgan fingerprint density at radius 3 is 2.74 bits per heavy atom. The molecule has 2 aromatic rings. The second-order valence-electron chi connectivity index (χ2n) is 3.86. The van der Waals surface area contributed by atoms with Crippen molar-refractivity contribution in [3.05, 3.63) is 28.5 Å². The fraction of sp³-hybridized carbons (Fsp3) is 0.364. The number of aromatic nitrogens is 1. The highest BCUT2D eigenvalue weighted by Gasteiger charge is 2.21. The summed E-state index contributed by atoms with van der Waals surface area (Å²) in [6, 6.07) is 2.72. The minimum absolute atomic E-state index is 0.199. The number of furan rings is 1. The van der Waals surface area contributed by atoms with E-state index < -0.39 is 10.0 Å². The number of sulfonamides is 1. The lowest BCUT2D eigenvalue weighted by Crippen LogP contribution is -2.11. The van der Waals surface area contributed by atoms with Crippen molar-refractivity contribution in [3.8, 4) is 0 Å². The summed E-state index contributed by atoms with van der Waals surface area (Å²) in [6.07, 6.45) is 0.749. The molecule has 0 unspecified atom stereocenters. The predicted molar refractivity (Wildman–Crippen MR) is 71.7 cm³/mol. The maximum atomic E-state index is 12.0. The normalized spacial score (nSPS) is 11.7. The molecule has 0 saturated carbocycles. The van der Waals surface area contributed by atoms with Crippen LogP contribution >= 0.6 is 11.3 Å². The number of aliphatic hydroxyl groups is 1. The van der Waals surface area contributed by atoms with Crippen molar-refractivity contribution >= 4 is 26.5 Å². The molecule has 0 aromatic carbocycles. The van der Waals surface area contributed by atoms with Crippen molar-refractivity contribution in [1.82, 2.24) is 4.98 Å². The standard InChI is InChI=1S/C11H14N2O4S2/c1-3-9-7(2)18-11(12-9)13-19(15,16)10-5-4-8(6-14)17-10/h4-5,14H,3,6H2,1-2H3,(H,12,13). The minimum Gasteiger partial charge on any atom is -0.445 e. The lowest BCUT2D eigenvalue weighted by molar-refractivity contribution is 0.236. The quantitative estimate of drug-likeness (QED) is 0.880. The lowest BCUT2D eigenvalue weighted by Gasteiger charge is -2.01. The van der Waals surface area contributed by atoms with Crippen molar-refractivity contribution < 1.29 is 17.9 Å². The van der Waals surface area contributed by atoms with Crippen LogP contribution in [0.2, 0.25) is 0 Å². The first-order chi connectivity index (χ1) is 8.96. The van der Waals surface area contributed by atoms with Gasteiger partial charge in [0.25, 0.3) is 10.0 Å². The average Bonchev–Trinajstić information content (AvgIpc) is 2.95. The smallest absolute Gasteiger partial charge is 0.297 e. The fourth-order valence-corrected chi connectivity index (χ4v) is 3.64. The first kappa shape index (κ1) is 14.0. The molecule has 0 aliphatic carbocycles. The molecule has 0 spiro atoms. The van der Waals surface area contributed by atoms with Gasteiger partial charge in [0.15, 0.2) is 5.13 Å². The monoisotopic (exact) mass is 302 g/mol. The van der Waals surface area contributed by atoms with Crippen LogP contribution in [0.1, 0.15) is 23.3 Å². The van der Waals surface area contributed by atoms with E-state index in [1.807, 2.05) is 13.8 Å². The Labute approximate surface area is 115 Å². The zero-order valence-corrected chi connectivity index (χ0v) is 12.1. The number of nitrogens with one attached hydrogen (secondary N) is 1. The van der Waals surface area contributed by atoms with Crippen molar-refractivity contribution in [2.24, 2.45) is 0 Å². The molecular formula is C11H14N2O4S2. The molecule has 0 amide bonds. The predicted octanol–water partition coefficient (Wildman–Crippen LogP) is 1.90. The largest absolute Gasteiger partial charge is 0.445 e. The number of rotatable bonds is 5. The third-order valence-electron chi connectivity index (χ3n) is 2.51. The number of hydrogen-bond donors (Lipinski definition) is 2. The second kappa shape index (κ2) is 5.32. The van der Waals surface area contributed by atoms with Gasteiger partial charge in [0.2, 0.25) is 5.09 Å². The van der Waals surface area contributed by atoms with Crippen LogP contribution in [-0.4, -0.2) is 18.5 Å². The number of anilines is 1. The summed E-state index contributed by atoms with van der Waals surface area (Å²) in [5, 5.41) is 8.94. The number of thiazole rings is 1. The molecule has 8 heteroatoms. The van der Waals surface area contributed by atoms with Crippen molar-refractivity contribution in [3.63, 3.8) is 0 Å². The first-order valence-electron chi connectivity index (χ1n) is 5.65. The van der Waals surface area contributed by atoms with Crippen LogP contribution in [0.5, 0.6) is 0 Å². The molecule has 0 bridgehead atoms. The maximum absolute atomic E-state index is 12.0. The van der Waals surface area contributed by atoms with Crippen LogP contribution in [0.3, 0.4) is 0 Å². The summed E-state index contributed by atoms with van der Waals surface area (Å²) >= 11 is 1.28. The molecular weight excluding hydrogens is 288 g/mol. The van der Waals surface area contributed by atoms with Crippen molar-refractivity contribution in [2.75, 3.05) is 4.72 Å². The zero-order valence-electron chi connectivity index (χ0n) is 10.5. The van der Waals surface area contributed by atoms with Gasteiger partial charge in [-0.3, -0.25) is 4.72 Å². The van der Waals surface area contributed by atoms with Gasteiger partial charge in [-0.2, -0.15) is 8.42 Å². The summed E-state index contributed by atoms with van der Waals surface area (Å²) in [5.41, 5.74) is 0.873. The summed E-state index contributed by atoms with van der Waals surface area (Å²) < 4.78 is 31.4. The van der Waals surface area contributed by atoms with Crippen molar-refractivity contribution in [2.45, 2.75) is 32.0 Å². The van der Waals surface area contributed by atoms with Gasteiger partial charge in [-0.25, -0.2) is 4.98 Å². The van der Waals surface area contributed by atoms with Gasteiger partial charge in [0.1, 0.15) is 12.4 Å². The number of nitrogens with zero attached hydrogens (tertiary/aromatic N) is 1. The van der Waals surface area contributed by atoms with Gasteiger partial charge in [-0.15, -0.1) is 11.3 Å². The summed E-state index contributed by atoms with van der Waals surface area (Å²) in [5.74, 6) is 0.199. The van der Waals surface area contributed by atoms with Gasteiger partial charge in [-0.05, 0) is 25.5 Å². The second-order valence-corrected chi connectivity index (χ2v) is 6.68. The van der Waals surface area contributed by atoms with E-state index in [-0.39, 0.29) is 17.5 Å². The van der Waals surface area contributed by atoms with Gasteiger partial charge < -0.3 is 9.52 Å². The SMILES string of the molecule is CCc1nc(NS(=O)(=O)c2ccc(CO)o2)sc1C. The Morgan fingerprint density at radius 2 is 2.21 bits per heavy atom. The topological polar surface area (TPSA) is 92.4 Å². The molecule has 2 N–H and O–H groups in total. The fourth-order valence-electron chi connectivity index (χ4n) is 1.55. The molecule has 0 saturated heterocycles. The first-order valence-corrected chi connectivity index (χ1v) is 7.95. The van der Waals surface area contributed by atoms with E-state index >= 15 is 0 Å². The van der Waals surface area contributed by atoms with E-state index in [0.717, 1.165) is 17.0 Å². The van der Waals surface area contributed by atoms with E-state index in [1.54, 1.807) is 0 Å². The highest BCUT2D eigenvalue weighted by Crippen LogP contribution is 2.25. The van der Waals surface area contributed by atoms with E-state index in [9.17, 15) is 8.42 Å². The zero-order chi connectivity index (χ0) is 14.0. The lowest BCUT2D eigenvalue weighted by atomic mass is 10.3. The highest BCUT2D eigenvalue weighted by atomic mass is 32.2. The van der Waals surface area contributed by atoms with E-state index in [0.29, 0.717) is 5.13 Å². The number of aryl methyl sites for hydroxylation is 2. The summed E-state index contributed by atoms with van der Waals surface area (Å²) in [7, 11) is -3.79. The van der Waals surface area contributed by atoms with Crippen molar-refractivity contribution in [1.29, 1.82) is 0 Å². The summed E-state index contributed by atoms with van der Waals surface area (Å²) in [4.78, 5) is 5.19. The Bertz CT molecular complexity index is 673. The highest BCUT2D eigenvalue weighted by molar-refractivity contribution is 7.92. The van der Waals surface area contributed by atoms with Crippen LogP contribution < -0.4 is 4.72 Å². The molecule has 2 rings (SSSR count). The molecule has 2 heterocycles. The van der Waals surface area contributed by atoms with E-state index in [4.69, 9.17) is 9.52 Å². The molecule has 104 valence electrons. The molecule has 6 nitrogen and oxygen atoms in total. The number of hydrogen-bond acceptors (Lipinski definition) is 6. The van der Waals surface area contributed by atoms with Crippen LogP contribution in [0.15, 0.2) is 21.6 Å². The maximum Gasteiger partial charge on any atom is 0.297 e. The van der Waals surface area contributed by atoms with Gasteiger partial charge in [-0.1, -0.05) is 6.92 Å². The molecule has 19 heavy (non-hydrogen) atoms. The minimum atomic E-state index is -3.79. The third kappa shape index (κ3) is 2.96. The van der Waals surface area contributed by atoms with Gasteiger partial charge in [0.05, 0.1) is 5.69 Å². The van der Waals surface area contributed by atoms with Crippen LogP contribution in [0.25, 0.3) is 0 Å². The molecule has 0 aliphatic rings. The Morgan fingerprint density at radius 1 is 1.47 bits per heavy atom. The average molecular weight is 302 g/mol. The van der Waals surface area contributed by atoms with Crippen LogP contribution in [0.4, 0.5) is 5.13 Å².